The molecule has 0 unspecified atom stereocenters. The van der Waals surface area contributed by atoms with Crippen LogP contribution in [0.15, 0.2) is 4.34 Å². The molecule has 2 amide bonds. The van der Waals surface area contributed by atoms with Crippen LogP contribution in [0, 0.1) is 5.41 Å². The van der Waals surface area contributed by atoms with Crippen LogP contribution in [0.4, 0.5) is 5.13 Å². The summed E-state index contributed by atoms with van der Waals surface area (Å²) in [7, 11) is 0. The number of hydrogen-bond donors (Lipinski definition) is 1. The molecule has 28 heavy (non-hydrogen) atoms. The standard InChI is InChI=1S/C19H31N5O2S2/c1-19(2,3)12-16(26)23-8-10-24(11-9-23)17-21-22-18(28-17)27-13-15(25)20-14-6-4-5-7-14/h14H,4-13H2,1-3H3,(H,20,25). The molecule has 7 nitrogen and oxygen atoms in total. The molecule has 1 saturated carbocycles. The van der Waals surface area contributed by atoms with Crippen LogP contribution in [0.2, 0.25) is 0 Å². The average molecular weight is 426 g/mol. The first-order valence-corrected chi connectivity index (χ1v) is 11.9. The largest absolute Gasteiger partial charge is 0.353 e. The Bertz CT molecular complexity index is 674. The van der Waals surface area contributed by atoms with Crippen LogP contribution in [-0.2, 0) is 9.59 Å². The summed E-state index contributed by atoms with van der Waals surface area (Å²) in [6, 6.07) is 0.357. The lowest BCUT2D eigenvalue weighted by Gasteiger charge is -2.35. The van der Waals surface area contributed by atoms with Gasteiger partial charge in [0.05, 0.1) is 5.75 Å². The molecule has 2 fully saturated rings. The van der Waals surface area contributed by atoms with E-state index in [-0.39, 0.29) is 17.2 Å². The van der Waals surface area contributed by atoms with Crippen LogP contribution in [0.3, 0.4) is 0 Å². The van der Waals surface area contributed by atoms with Gasteiger partial charge in [0.1, 0.15) is 0 Å². The number of hydrogen-bond acceptors (Lipinski definition) is 7. The van der Waals surface area contributed by atoms with Crippen molar-refractivity contribution in [1.82, 2.24) is 20.4 Å². The van der Waals surface area contributed by atoms with Gasteiger partial charge in [0.2, 0.25) is 16.9 Å². The number of rotatable bonds is 6. The van der Waals surface area contributed by atoms with Gasteiger partial charge in [0.15, 0.2) is 4.34 Å². The number of thioether (sulfide) groups is 1. The summed E-state index contributed by atoms with van der Waals surface area (Å²) in [5.41, 5.74) is 0.0175. The van der Waals surface area contributed by atoms with Crippen LogP contribution in [0.1, 0.15) is 52.9 Å². The zero-order valence-corrected chi connectivity index (χ0v) is 18.7. The minimum absolute atomic E-state index is 0.0175. The Morgan fingerprint density at radius 3 is 2.46 bits per heavy atom. The van der Waals surface area contributed by atoms with Crippen LogP contribution in [-0.4, -0.2) is 64.9 Å². The van der Waals surface area contributed by atoms with Gasteiger partial charge in [-0.1, -0.05) is 56.7 Å². The van der Waals surface area contributed by atoms with Gasteiger partial charge in [-0.3, -0.25) is 9.59 Å². The van der Waals surface area contributed by atoms with Gasteiger partial charge < -0.3 is 15.1 Å². The molecule has 1 aromatic rings. The number of carbonyl (C=O) groups excluding carboxylic acids is 2. The summed E-state index contributed by atoms with van der Waals surface area (Å²) in [6.07, 6.45) is 5.21. The van der Waals surface area contributed by atoms with Crippen molar-refractivity contribution in [2.24, 2.45) is 5.41 Å². The molecule has 0 aromatic carbocycles. The molecule has 0 bridgehead atoms. The van der Waals surface area contributed by atoms with Crippen molar-refractivity contribution < 1.29 is 9.59 Å². The van der Waals surface area contributed by atoms with E-state index in [2.05, 4.69) is 41.2 Å². The number of amides is 2. The van der Waals surface area contributed by atoms with Crippen LogP contribution in [0.5, 0.6) is 0 Å². The first-order valence-electron chi connectivity index (χ1n) is 10.1. The van der Waals surface area contributed by atoms with E-state index in [1.807, 2.05) is 4.90 Å². The van der Waals surface area contributed by atoms with E-state index in [9.17, 15) is 9.59 Å². The molecule has 1 N–H and O–H groups in total. The van der Waals surface area contributed by atoms with Crippen molar-refractivity contribution >= 4 is 40.0 Å². The van der Waals surface area contributed by atoms with Gasteiger partial charge in [-0.25, -0.2) is 0 Å². The van der Waals surface area contributed by atoms with Gasteiger partial charge in [0, 0.05) is 38.6 Å². The zero-order chi connectivity index (χ0) is 20.1. The highest BCUT2D eigenvalue weighted by Gasteiger charge is 2.26. The first kappa shape index (κ1) is 21.4. The summed E-state index contributed by atoms with van der Waals surface area (Å²) in [4.78, 5) is 28.6. The fraction of sp³-hybridized carbons (Fsp3) is 0.789. The van der Waals surface area contributed by atoms with Crippen LogP contribution >= 0.6 is 23.1 Å². The molecule has 1 aliphatic carbocycles. The summed E-state index contributed by atoms with van der Waals surface area (Å²) in [5, 5.41) is 12.5. The lowest BCUT2D eigenvalue weighted by atomic mass is 9.91. The Morgan fingerprint density at radius 1 is 1.14 bits per heavy atom. The lowest BCUT2D eigenvalue weighted by Crippen LogP contribution is -2.49. The highest BCUT2D eigenvalue weighted by atomic mass is 32.2. The fourth-order valence-electron chi connectivity index (χ4n) is 3.57. The Labute approximate surface area is 175 Å². The van der Waals surface area contributed by atoms with Gasteiger partial charge in [-0.2, -0.15) is 0 Å². The van der Waals surface area contributed by atoms with E-state index < -0.39 is 0 Å². The van der Waals surface area contributed by atoms with Gasteiger partial charge in [0.25, 0.3) is 0 Å². The number of nitrogens with zero attached hydrogens (tertiary/aromatic N) is 4. The molecule has 2 aliphatic rings. The van der Waals surface area contributed by atoms with Crippen molar-refractivity contribution in [1.29, 1.82) is 0 Å². The Morgan fingerprint density at radius 2 is 1.82 bits per heavy atom. The second kappa shape index (κ2) is 9.43. The quantitative estimate of drug-likeness (QED) is 0.706. The Balaban J connectivity index is 1.42. The van der Waals surface area contributed by atoms with Gasteiger partial charge in [-0.05, 0) is 18.3 Å². The fourth-order valence-corrected chi connectivity index (χ4v) is 5.27. The third kappa shape index (κ3) is 6.34. The van der Waals surface area contributed by atoms with Crippen molar-refractivity contribution in [3.63, 3.8) is 0 Å². The molecule has 0 spiro atoms. The van der Waals surface area contributed by atoms with Crippen molar-refractivity contribution in [2.45, 2.75) is 63.3 Å². The third-order valence-electron chi connectivity index (χ3n) is 5.03. The molecular formula is C19H31N5O2S2. The normalized spacial score (nSPS) is 18.5. The molecule has 9 heteroatoms. The van der Waals surface area contributed by atoms with E-state index in [0.717, 1.165) is 48.5 Å². The number of aromatic nitrogens is 2. The number of nitrogens with one attached hydrogen (secondary N) is 1. The van der Waals surface area contributed by atoms with Crippen molar-refractivity contribution in [3.05, 3.63) is 0 Å². The van der Waals surface area contributed by atoms with Gasteiger partial charge >= 0.3 is 0 Å². The maximum Gasteiger partial charge on any atom is 0.230 e. The predicted octanol–water partition coefficient (Wildman–Crippen LogP) is 2.77. The highest BCUT2D eigenvalue weighted by Crippen LogP contribution is 2.29. The summed E-state index contributed by atoms with van der Waals surface area (Å²) >= 11 is 2.98. The van der Waals surface area contributed by atoms with Crippen LogP contribution < -0.4 is 10.2 Å². The molecule has 1 aliphatic heterocycles. The molecule has 0 atom stereocenters. The monoisotopic (exact) mass is 425 g/mol. The lowest BCUT2D eigenvalue weighted by molar-refractivity contribution is -0.133. The van der Waals surface area contributed by atoms with E-state index in [1.54, 1.807) is 0 Å². The second-order valence-electron chi connectivity index (χ2n) is 8.79. The van der Waals surface area contributed by atoms with E-state index in [4.69, 9.17) is 0 Å². The minimum Gasteiger partial charge on any atom is -0.353 e. The topological polar surface area (TPSA) is 78.4 Å². The minimum atomic E-state index is 0.0175. The van der Waals surface area contributed by atoms with E-state index in [0.29, 0.717) is 18.2 Å². The summed E-state index contributed by atoms with van der Waals surface area (Å²) in [5.74, 6) is 0.703. The molecule has 2 heterocycles. The second-order valence-corrected chi connectivity index (χ2v) is 11.0. The summed E-state index contributed by atoms with van der Waals surface area (Å²) in [6.45, 7) is 9.27. The third-order valence-corrected chi connectivity index (χ3v) is 7.14. The van der Waals surface area contributed by atoms with Crippen molar-refractivity contribution in [2.75, 3.05) is 36.8 Å². The molecule has 156 valence electrons. The van der Waals surface area contributed by atoms with E-state index in [1.165, 1.54) is 35.9 Å². The molecule has 1 aromatic heterocycles. The molecule has 0 radical (unpaired) electrons. The number of carbonyl (C=O) groups is 2. The molecule has 1 saturated heterocycles. The van der Waals surface area contributed by atoms with E-state index >= 15 is 0 Å². The highest BCUT2D eigenvalue weighted by molar-refractivity contribution is 8.01. The zero-order valence-electron chi connectivity index (χ0n) is 17.1. The summed E-state index contributed by atoms with van der Waals surface area (Å²) < 4.78 is 0.822. The number of piperazine rings is 1. The Hall–Kier alpha value is -1.35. The maximum atomic E-state index is 12.4. The molecular weight excluding hydrogens is 394 g/mol. The number of anilines is 1. The smallest absolute Gasteiger partial charge is 0.230 e. The van der Waals surface area contributed by atoms with Gasteiger partial charge in [-0.15, -0.1) is 10.2 Å². The molecule has 3 rings (SSSR count). The van der Waals surface area contributed by atoms with Crippen molar-refractivity contribution in [3.8, 4) is 0 Å². The average Bonchev–Trinajstić information content (AvgIpc) is 3.30. The Kier molecular flexibility index (Phi) is 7.20. The first-order chi connectivity index (χ1) is 13.3. The SMILES string of the molecule is CC(C)(C)CC(=O)N1CCN(c2nnc(SCC(=O)NC3CCCC3)s2)CC1. The predicted molar refractivity (Wildman–Crippen MR) is 114 cm³/mol. The van der Waals surface area contributed by atoms with Crippen LogP contribution in [0.25, 0.3) is 0 Å². The maximum absolute atomic E-state index is 12.4.